The van der Waals surface area contributed by atoms with Crippen molar-refractivity contribution in [3.05, 3.63) is 17.5 Å². The highest BCUT2D eigenvalue weighted by Gasteiger charge is 2.14. The summed E-state index contributed by atoms with van der Waals surface area (Å²) in [5, 5.41) is 7.71. The van der Waals surface area contributed by atoms with Crippen molar-refractivity contribution in [2.24, 2.45) is 7.05 Å². The Hall–Kier alpha value is -0.870. The minimum atomic E-state index is 0.525. The van der Waals surface area contributed by atoms with E-state index < -0.39 is 0 Å². The summed E-state index contributed by atoms with van der Waals surface area (Å²) in [4.78, 5) is 0. The van der Waals surface area contributed by atoms with E-state index in [0.717, 1.165) is 19.7 Å². The van der Waals surface area contributed by atoms with Crippen LogP contribution in [0.4, 0.5) is 0 Å². The molecule has 1 atom stereocenters. The Morgan fingerprint density at radius 1 is 1.59 bits per heavy atom. The van der Waals surface area contributed by atoms with Crippen LogP contribution >= 0.6 is 0 Å². The van der Waals surface area contributed by atoms with Gasteiger partial charge in [-0.3, -0.25) is 4.68 Å². The van der Waals surface area contributed by atoms with Gasteiger partial charge in [-0.05, 0) is 39.2 Å². The summed E-state index contributed by atoms with van der Waals surface area (Å²) in [5.74, 6) is 0. The Labute approximate surface area is 103 Å². The first kappa shape index (κ1) is 12.6. The number of aryl methyl sites for hydroxylation is 1. The molecule has 1 unspecified atom stereocenters. The van der Waals surface area contributed by atoms with E-state index in [1.807, 2.05) is 17.9 Å². The third-order valence-electron chi connectivity index (χ3n) is 3.56. The second-order valence-electron chi connectivity index (χ2n) is 4.83. The molecule has 1 N–H and O–H groups in total. The van der Waals surface area contributed by atoms with E-state index in [0.29, 0.717) is 6.10 Å². The maximum absolute atomic E-state index is 5.60. The lowest BCUT2D eigenvalue weighted by Crippen LogP contribution is -2.17. The van der Waals surface area contributed by atoms with E-state index in [-0.39, 0.29) is 0 Å². The number of hydrogen-bond donors (Lipinski definition) is 1. The average Bonchev–Trinajstić information content (AvgIpc) is 2.93. The van der Waals surface area contributed by atoms with E-state index in [9.17, 15) is 0 Å². The lowest BCUT2D eigenvalue weighted by molar-refractivity contribution is 0.102. The van der Waals surface area contributed by atoms with Crippen molar-refractivity contribution in [3.8, 4) is 0 Å². The fraction of sp³-hybridized carbons (Fsp3) is 0.769. The largest absolute Gasteiger partial charge is 0.378 e. The van der Waals surface area contributed by atoms with Gasteiger partial charge < -0.3 is 10.1 Å². The molecule has 1 aromatic rings. The number of rotatable bonds is 6. The quantitative estimate of drug-likeness (QED) is 0.767. The van der Waals surface area contributed by atoms with E-state index in [2.05, 4.69) is 17.3 Å². The van der Waals surface area contributed by atoms with Gasteiger partial charge in [0.2, 0.25) is 0 Å². The molecule has 0 amide bonds. The van der Waals surface area contributed by atoms with Gasteiger partial charge >= 0.3 is 0 Å². The first-order chi connectivity index (χ1) is 8.27. The minimum Gasteiger partial charge on any atom is -0.378 e. The lowest BCUT2D eigenvalue weighted by Gasteiger charge is -2.09. The smallest absolute Gasteiger partial charge is 0.0576 e. The summed E-state index contributed by atoms with van der Waals surface area (Å²) in [6.07, 6.45) is 7.36. The number of nitrogens with zero attached hydrogens (tertiary/aromatic N) is 2. The van der Waals surface area contributed by atoms with Crippen molar-refractivity contribution in [2.75, 3.05) is 13.2 Å². The van der Waals surface area contributed by atoms with Crippen molar-refractivity contribution in [1.29, 1.82) is 0 Å². The summed E-state index contributed by atoms with van der Waals surface area (Å²) < 4.78 is 7.52. The Kier molecular flexibility index (Phi) is 4.57. The zero-order valence-electron chi connectivity index (χ0n) is 10.9. The van der Waals surface area contributed by atoms with Crippen LogP contribution in [0.5, 0.6) is 0 Å². The van der Waals surface area contributed by atoms with Crippen LogP contribution in [0, 0.1) is 6.92 Å². The summed E-state index contributed by atoms with van der Waals surface area (Å²) in [6.45, 7) is 5.06. The fourth-order valence-electron chi connectivity index (χ4n) is 2.27. The highest BCUT2D eigenvalue weighted by Crippen LogP contribution is 2.16. The minimum absolute atomic E-state index is 0.525. The summed E-state index contributed by atoms with van der Waals surface area (Å²) in [5.41, 5.74) is 2.54. The molecule has 0 aliphatic carbocycles. The van der Waals surface area contributed by atoms with Gasteiger partial charge in [-0.2, -0.15) is 5.10 Å². The van der Waals surface area contributed by atoms with Gasteiger partial charge in [0.1, 0.15) is 0 Å². The molecular weight excluding hydrogens is 214 g/mol. The molecule has 2 heterocycles. The number of hydrogen-bond acceptors (Lipinski definition) is 3. The standard InChI is InChI=1S/C13H23N3O/c1-11-12(10-15-16(11)2)9-14-7-3-5-13-6-4-8-17-13/h10,13-14H,3-9H2,1-2H3. The molecule has 17 heavy (non-hydrogen) atoms. The molecular formula is C13H23N3O. The van der Waals surface area contributed by atoms with Gasteiger partial charge in [0.25, 0.3) is 0 Å². The predicted molar refractivity (Wildman–Crippen MR) is 67.9 cm³/mol. The van der Waals surface area contributed by atoms with Crippen LogP contribution < -0.4 is 5.32 Å². The molecule has 0 saturated carbocycles. The molecule has 1 aliphatic heterocycles. The highest BCUT2D eigenvalue weighted by atomic mass is 16.5. The van der Waals surface area contributed by atoms with Gasteiger partial charge in [0.05, 0.1) is 12.3 Å². The molecule has 4 nitrogen and oxygen atoms in total. The summed E-state index contributed by atoms with van der Waals surface area (Å²) in [7, 11) is 1.98. The van der Waals surface area contributed by atoms with Crippen molar-refractivity contribution < 1.29 is 4.74 Å². The number of ether oxygens (including phenoxy) is 1. The molecule has 96 valence electrons. The molecule has 4 heteroatoms. The lowest BCUT2D eigenvalue weighted by atomic mass is 10.1. The van der Waals surface area contributed by atoms with Crippen molar-refractivity contribution >= 4 is 0 Å². The third-order valence-corrected chi connectivity index (χ3v) is 3.56. The van der Waals surface area contributed by atoms with Gasteiger partial charge in [0, 0.05) is 31.5 Å². The van der Waals surface area contributed by atoms with Gasteiger partial charge in [-0.15, -0.1) is 0 Å². The van der Waals surface area contributed by atoms with Crippen LogP contribution in [0.1, 0.15) is 36.9 Å². The monoisotopic (exact) mass is 237 g/mol. The Bertz CT molecular complexity index is 342. The number of aromatic nitrogens is 2. The van der Waals surface area contributed by atoms with E-state index in [1.54, 1.807) is 0 Å². The molecule has 1 fully saturated rings. The zero-order chi connectivity index (χ0) is 12.1. The summed E-state index contributed by atoms with van der Waals surface area (Å²) >= 11 is 0. The Balaban J connectivity index is 1.58. The fourth-order valence-corrected chi connectivity index (χ4v) is 2.27. The zero-order valence-corrected chi connectivity index (χ0v) is 10.9. The second-order valence-corrected chi connectivity index (χ2v) is 4.83. The van der Waals surface area contributed by atoms with Gasteiger partial charge in [-0.1, -0.05) is 0 Å². The van der Waals surface area contributed by atoms with Crippen molar-refractivity contribution in [3.63, 3.8) is 0 Å². The van der Waals surface area contributed by atoms with E-state index in [1.165, 1.54) is 36.9 Å². The van der Waals surface area contributed by atoms with Gasteiger partial charge in [-0.25, -0.2) is 0 Å². The Morgan fingerprint density at radius 2 is 2.47 bits per heavy atom. The normalized spacial score (nSPS) is 20.0. The summed E-state index contributed by atoms with van der Waals surface area (Å²) in [6, 6.07) is 0. The second kappa shape index (κ2) is 6.17. The number of nitrogens with one attached hydrogen (secondary N) is 1. The molecule has 0 radical (unpaired) electrons. The van der Waals surface area contributed by atoms with Crippen LogP contribution in [0.2, 0.25) is 0 Å². The van der Waals surface area contributed by atoms with Crippen LogP contribution in [0.15, 0.2) is 6.20 Å². The maximum atomic E-state index is 5.60. The molecule has 1 aliphatic rings. The first-order valence-corrected chi connectivity index (χ1v) is 6.57. The molecule has 1 aromatic heterocycles. The van der Waals surface area contributed by atoms with Crippen LogP contribution in [-0.4, -0.2) is 29.0 Å². The van der Waals surface area contributed by atoms with E-state index >= 15 is 0 Å². The molecule has 0 bridgehead atoms. The van der Waals surface area contributed by atoms with Gasteiger partial charge in [0.15, 0.2) is 0 Å². The predicted octanol–water partition coefficient (Wildman–Crippen LogP) is 1.78. The third kappa shape index (κ3) is 3.54. The van der Waals surface area contributed by atoms with Crippen molar-refractivity contribution in [2.45, 2.75) is 45.3 Å². The molecule has 0 spiro atoms. The van der Waals surface area contributed by atoms with Crippen LogP contribution in [0.25, 0.3) is 0 Å². The van der Waals surface area contributed by atoms with E-state index in [4.69, 9.17) is 4.74 Å². The average molecular weight is 237 g/mol. The molecule has 0 aromatic carbocycles. The first-order valence-electron chi connectivity index (χ1n) is 6.57. The molecule has 2 rings (SSSR count). The van der Waals surface area contributed by atoms with Crippen molar-refractivity contribution in [1.82, 2.24) is 15.1 Å². The molecule has 1 saturated heterocycles. The SMILES string of the molecule is Cc1c(CNCCCC2CCCO2)cnn1C. The van der Waals surface area contributed by atoms with Crippen LogP contribution in [0.3, 0.4) is 0 Å². The Morgan fingerprint density at radius 3 is 3.12 bits per heavy atom. The topological polar surface area (TPSA) is 39.1 Å². The van der Waals surface area contributed by atoms with Crippen LogP contribution in [-0.2, 0) is 18.3 Å². The highest BCUT2D eigenvalue weighted by molar-refractivity contribution is 5.15. The maximum Gasteiger partial charge on any atom is 0.0576 e.